The van der Waals surface area contributed by atoms with Gasteiger partial charge in [0.05, 0.1) is 17.2 Å². The van der Waals surface area contributed by atoms with Gasteiger partial charge in [0.1, 0.15) is 5.69 Å². The zero-order chi connectivity index (χ0) is 20.4. The van der Waals surface area contributed by atoms with Gasteiger partial charge in [-0.2, -0.15) is 18.3 Å². The Kier molecular flexibility index (Phi) is 5.13. The third-order valence-electron chi connectivity index (χ3n) is 5.18. The van der Waals surface area contributed by atoms with Crippen LogP contribution < -0.4 is 0 Å². The van der Waals surface area contributed by atoms with Crippen molar-refractivity contribution in [1.82, 2.24) is 14.7 Å². The minimum absolute atomic E-state index is 0.0576. The molecule has 1 aliphatic rings. The van der Waals surface area contributed by atoms with E-state index >= 15 is 0 Å². The molecule has 2 aromatic carbocycles. The Balaban J connectivity index is 1.72. The van der Waals surface area contributed by atoms with E-state index in [1.807, 2.05) is 60.7 Å². The zero-order valence-corrected chi connectivity index (χ0v) is 15.6. The molecule has 1 unspecified atom stereocenters. The van der Waals surface area contributed by atoms with E-state index in [0.717, 1.165) is 11.3 Å². The summed E-state index contributed by atoms with van der Waals surface area (Å²) in [5.74, 6) is -1.90. The van der Waals surface area contributed by atoms with Crippen LogP contribution in [0.2, 0.25) is 0 Å². The average Bonchev–Trinajstić information content (AvgIpc) is 3.19. The van der Waals surface area contributed by atoms with Crippen molar-refractivity contribution in [2.75, 3.05) is 13.1 Å². The SMILES string of the molecule is O=C(c1cn(-c2ccccc2)nc1-c1ccccc1)N1CCCC(C(F)(F)F)C1. The number of piperidine rings is 1. The molecule has 29 heavy (non-hydrogen) atoms. The van der Waals surface area contributed by atoms with Gasteiger partial charge in [0.2, 0.25) is 0 Å². The first-order valence-corrected chi connectivity index (χ1v) is 9.50. The fraction of sp³-hybridized carbons (Fsp3) is 0.273. The van der Waals surface area contributed by atoms with Gasteiger partial charge in [-0.05, 0) is 25.0 Å². The van der Waals surface area contributed by atoms with Crippen LogP contribution in [0.25, 0.3) is 16.9 Å². The summed E-state index contributed by atoms with van der Waals surface area (Å²) in [5, 5.41) is 4.58. The van der Waals surface area contributed by atoms with Crippen molar-refractivity contribution >= 4 is 5.91 Å². The first-order chi connectivity index (χ1) is 13.9. The van der Waals surface area contributed by atoms with Crippen molar-refractivity contribution in [2.24, 2.45) is 5.92 Å². The molecule has 0 saturated carbocycles. The fourth-order valence-corrected chi connectivity index (χ4v) is 3.65. The Labute approximate surface area is 166 Å². The van der Waals surface area contributed by atoms with Crippen LogP contribution in [0.15, 0.2) is 66.9 Å². The molecule has 2 heterocycles. The molecule has 1 aromatic heterocycles. The second kappa shape index (κ2) is 7.73. The van der Waals surface area contributed by atoms with Gasteiger partial charge < -0.3 is 4.90 Å². The van der Waals surface area contributed by atoms with E-state index in [9.17, 15) is 18.0 Å². The Bertz CT molecular complexity index is 984. The molecule has 150 valence electrons. The van der Waals surface area contributed by atoms with Gasteiger partial charge in [0.15, 0.2) is 0 Å². The Morgan fingerprint density at radius 1 is 1.00 bits per heavy atom. The van der Waals surface area contributed by atoms with Crippen molar-refractivity contribution in [3.63, 3.8) is 0 Å². The molecule has 0 radical (unpaired) electrons. The van der Waals surface area contributed by atoms with E-state index in [1.54, 1.807) is 10.9 Å². The van der Waals surface area contributed by atoms with Gasteiger partial charge in [-0.3, -0.25) is 4.79 Å². The van der Waals surface area contributed by atoms with Gasteiger partial charge in [0.25, 0.3) is 5.91 Å². The third kappa shape index (κ3) is 4.04. The van der Waals surface area contributed by atoms with Crippen LogP contribution in [0, 0.1) is 5.92 Å². The van der Waals surface area contributed by atoms with Crippen molar-refractivity contribution < 1.29 is 18.0 Å². The highest BCUT2D eigenvalue weighted by molar-refractivity contribution is 6.00. The summed E-state index contributed by atoms with van der Waals surface area (Å²) < 4.78 is 41.2. The molecular weight excluding hydrogens is 379 g/mol. The summed E-state index contributed by atoms with van der Waals surface area (Å²) in [6.45, 7) is 0.00321. The van der Waals surface area contributed by atoms with Gasteiger partial charge in [0, 0.05) is 24.8 Å². The molecule has 1 fully saturated rings. The first kappa shape index (κ1) is 19.2. The lowest BCUT2D eigenvalue weighted by Crippen LogP contribution is -2.44. The van der Waals surface area contributed by atoms with Crippen LogP contribution in [0.3, 0.4) is 0 Å². The second-order valence-corrected chi connectivity index (χ2v) is 7.17. The minimum atomic E-state index is -4.30. The summed E-state index contributed by atoms with van der Waals surface area (Å²) in [6, 6.07) is 18.5. The predicted octanol–water partition coefficient (Wildman–Crippen LogP) is 4.95. The molecular formula is C22H20F3N3O. The molecule has 0 aliphatic carbocycles. The highest BCUT2D eigenvalue weighted by atomic mass is 19.4. The topological polar surface area (TPSA) is 38.1 Å². The maximum Gasteiger partial charge on any atom is 0.393 e. The van der Waals surface area contributed by atoms with Crippen LogP contribution in [-0.2, 0) is 0 Å². The molecule has 0 bridgehead atoms. The van der Waals surface area contributed by atoms with Crippen LogP contribution in [-0.4, -0.2) is 39.9 Å². The predicted molar refractivity (Wildman–Crippen MR) is 104 cm³/mol. The normalized spacial score (nSPS) is 17.3. The quantitative estimate of drug-likeness (QED) is 0.625. The lowest BCUT2D eigenvalue weighted by molar-refractivity contribution is -0.184. The Morgan fingerprint density at radius 2 is 1.66 bits per heavy atom. The van der Waals surface area contributed by atoms with Gasteiger partial charge in [-0.15, -0.1) is 0 Å². The number of para-hydroxylation sites is 1. The maximum absolute atomic E-state index is 13.2. The van der Waals surface area contributed by atoms with Crippen molar-refractivity contribution in [3.05, 3.63) is 72.4 Å². The molecule has 0 spiro atoms. The number of benzene rings is 2. The molecule has 1 atom stereocenters. The minimum Gasteiger partial charge on any atom is -0.338 e. The summed E-state index contributed by atoms with van der Waals surface area (Å²) in [6.07, 6.45) is -2.29. The monoisotopic (exact) mass is 399 g/mol. The van der Waals surface area contributed by atoms with Gasteiger partial charge in [-0.1, -0.05) is 48.5 Å². The second-order valence-electron chi connectivity index (χ2n) is 7.17. The summed E-state index contributed by atoms with van der Waals surface area (Å²) in [7, 11) is 0. The molecule has 1 aliphatic heterocycles. The van der Waals surface area contributed by atoms with Crippen LogP contribution >= 0.6 is 0 Å². The first-order valence-electron chi connectivity index (χ1n) is 9.50. The molecule has 4 rings (SSSR count). The van der Waals surface area contributed by atoms with Crippen LogP contribution in [0.4, 0.5) is 13.2 Å². The number of carbonyl (C=O) groups excluding carboxylic acids is 1. The number of rotatable bonds is 3. The summed E-state index contributed by atoms with van der Waals surface area (Å²) in [4.78, 5) is 14.5. The Hall–Kier alpha value is -3.09. The number of likely N-dealkylation sites (tertiary alicyclic amines) is 1. The lowest BCUT2D eigenvalue weighted by Gasteiger charge is -2.33. The smallest absolute Gasteiger partial charge is 0.338 e. The van der Waals surface area contributed by atoms with Crippen molar-refractivity contribution in [3.8, 4) is 16.9 Å². The Morgan fingerprint density at radius 3 is 2.31 bits per heavy atom. The number of carbonyl (C=O) groups is 1. The molecule has 4 nitrogen and oxygen atoms in total. The molecule has 3 aromatic rings. The summed E-state index contributed by atoms with van der Waals surface area (Å²) >= 11 is 0. The summed E-state index contributed by atoms with van der Waals surface area (Å²) in [5.41, 5.74) is 2.29. The number of amides is 1. The van der Waals surface area contributed by atoms with Gasteiger partial charge >= 0.3 is 6.18 Å². The molecule has 1 saturated heterocycles. The van der Waals surface area contributed by atoms with Crippen molar-refractivity contribution in [2.45, 2.75) is 19.0 Å². The van der Waals surface area contributed by atoms with E-state index < -0.39 is 18.0 Å². The van der Waals surface area contributed by atoms with E-state index in [2.05, 4.69) is 5.10 Å². The number of hydrogen-bond donors (Lipinski definition) is 0. The highest BCUT2D eigenvalue weighted by Gasteiger charge is 2.43. The number of halogens is 3. The highest BCUT2D eigenvalue weighted by Crippen LogP contribution is 2.34. The molecule has 0 N–H and O–H groups in total. The number of nitrogens with zero attached hydrogens (tertiary/aromatic N) is 3. The zero-order valence-electron chi connectivity index (χ0n) is 15.6. The van der Waals surface area contributed by atoms with Gasteiger partial charge in [-0.25, -0.2) is 4.68 Å². The largest absolute Gasteiger partial charge is 0.393 e. The average molecular weight is 399 g/mol. The standard InChI is InChI=1S/C22H20F3N3O/c23-22(24,25)17-10-7-13-27(14-17)21(29)19-15-28(18-11-5-2-6-12-18)26-20(19)16-8-3-1-4-9-16/h1-6,8-9,11-12,15,17H,7,10,13-14H2. The van der Waals surface area contributed by atoms with E-state index in [1.165, 1.54) is 4.90 Å². The third-order valence-corrected chi connectivity index (χ3v) is 5.18. The van der Waals surface area contributed by atoms with E-state index in [-0.39, 0.29) is 13.0 Å². The van der Waals surface area contributed by atoms with Crippen LogP contribution in [0.1, 0.15) is 23.2 Å². The maximum atomic E-state index is 13.2. The van der Waals surface area contributed by atoms with Crippen LogP contribution in [0.5, 0.6) is 0 Å². The number of alkyl halides is 3. The molecule has 7 heteroatoms. The number of aromatic nitrogens is 2. The van der Waals surface area contributed by atoms with Crippen molar-refractivity contribution in [1.29, 1.82) is 0 Å². The lowest BCUT2D eigenvalue weighted by atomic mass is 9.96. The fourth-order valence-electron chi connectivity index (χ4n) is 3.65. The molecule has 1 amide bonds. The van der Waals surface area contributed by atoms with E-state index in [4.69, 9.17) is 0 Å². The van der Waals surface area contributed by atoms with E-state index in [0.29, 0.717) is 24.2 Å². The number of hydrogen-bond acceptors (Lipinski definition) is 2.